The molecule has 0 aromatic heterocycles. The highest BCUT2D eigenvalue weighted by atomic mass is 19.4. The van der Waals surface area contributed by atoms with E-state index in [1.807, 2.05) is 24.3 Å². The molecule has 1 aliphatic carbocycles. The number of halogens is 3. The van der Waals surface area contributed by atoms with Gasteiger partial charge in [0.05, 0.1) is 30.9 Å². The Kier molecular flexibility index (Phi) is 6.46. The van der Waals surface area contributed by atoms with E-state index < -0.39 is 23.8 Å². The number of Topliss-reactive ketones (excluding diaryl/α,β-unsaturated/α-hetero) is 1. The van der Waals surface area contributed by atoms with Gasteiger partial charge in [-0.3, -0.25) is 9.69 Å². The molecule has 0 spiro atoms. The van der Waals surface area contributed by atoms with E-state index in [-0.39, 0.29) is 49.2 Å². The van der Waals surface area contributed by atoms with Crippen LogP contribution in [0.15, 0.2) is 66.7 Å². The molecule has 2 saturated heterocycles. The maximum Gasteiger partial charge on any atom is 0.416 e. The summed E-state index contributed by atoms with van der Waals surface area (Å²) in [5.41, 5.74) is 4.28. The topological polar surface area (TPSA) is 55.8 Å². The van der Waals surface area contributed by atoms with Crippen molar-refractivity contribution in [2.75, 3.05) is 19.8 Å². The van der Waals surface area contributed by atoms with Gasteiger partial charge in [0.2, 0.25) is 0 Å². The normalized spacial score (nSPS) is 22.3. The molecule has 3 aromatic rings. The third-order valence-corrected chi connectivity index (χ3v) is 8.27. The van der Waals surface area contributed by atoms with Crippen LogP contribution in [-0.2, 0) is 15.7 Å². The van der Waals surface area contributed by atoms with E-state index in [4.69, 9.17) is 9.47 Å². The van der Waals surface area contributed by atoms with E-state index in [1.54, 1.807) is 11.8 Å². The Morgan fingerprint density at radius 3 is 2.10 bits per heavy atom. The zero-order valence-corrected chi connectivity index (χ0v) is 21.4. The smallest absolute Gasteiger partial charge is 0.416 e. The van der Waals surface area contributed by atoms with Gasteiger partial charge in [-0.2, -0.15) is 13.2 Å². The number of ketones is 1. The number of rotatable bonds is 4. The lowest BCUT2D eigenvalue weighted by atomic mass is 9.80. The molecule has 1 amide bonds. The van der Waals surface area contributed by atoms with E-state index in [9.17, 15) is 22.8 Å². The van der Waals surface area contributed by atoms with Crippen LogP contribution in [-0.4, -0.2) is 48.7 Å². The molecular weight excluding hydrogens is 507 g/mol. The molecule has 2 unspecified atom stereocenters. The number of carbonyl (C=O) groups is 2. The Bertz CT molecular complexity index is 1380. The average molecular weight is 536 g/mol. The fourth-order valence-electron chi connectivity index (χ4n) is 6.38. The van der Waals surface area contributed by atoms with Crippen molar-refractivity contribution in [2.24, 2.45) is 5.92 Å². The molecule has 2 bridgehead atoms. The maximum atomic E-state index is 13.4. The highest BCUT2D eigenvalue weighted by Crippen LogP contribution is 2.45. The SMILES string of the molecule is Cc1ccc(C(F)(F)F)cc1C(=O)C1CC2COCC(C1)N2C(=O)OCC1c2ccccc2-c2ccccc21. The van der Waals surface area contributed by atoms with Crippen LogP contribution in [0.2, 0.25) is 0 Å². The third-order valence-electron chi connectivity index (χ3n) is 8.27. The van der Waals surface area contributed by atoms with Crippen LogP contribution in [0, 0.1) is 12.8 Å². The number of nitrogens with zero attached hydrogens (tertiary/aromatic N) is 1. The quantitative estimate of drug-likeness (QED) is 0.352. The number of fused-ring (bicyclic) bond motifs is 5. The highest BCUT2D eigenvalue weighted by molar-refractivity contribution is 5.99. The first-order valence-electron chi connectivity index (χ1n) is 13.2. The maximum absolute atomic E-state index is 13.4. The number of morpholine rings is 1. The summed E-state index contributed by atoms with van der Waals surface area (Å²) < 4.78 is 51.5. The second-order valence-electron chi connectivity index (χ2n) is 10.6. The number of aryl methyl sites for hydroxylation is 1. The summed E-state index contributed by atoms with van der Waals surface area (Å²) in [7, 11) is 0. The molecule has 2 aliphatic heterocycles. The minimum Gasteiger partial charge on any atom is -0.448 e. The van der Waals surface area contributed by atoms with Gasteiger partial charge >= 0.3 is 12.3 Å². The van der Waals surface area contributed by atoms with Crippen LogP contribution >= 0.6 is 0 Å². The predicted molar refractivity (Wildman–Crippen MR) is 139 cm³/mol. The summed E-state index contributed by atoms with van der Waals surface area (Å²) in [6.07, 6.45) is -4.35. The lowest BCUT2D eigenvalue weighted by Gasteiger charge is -2.47. The zero-order chi connectivity index (χ0) is 27.3. The van der Waals surface area contributed by atoms with Crippen molar-refractivity contribution < 1.29 is 32.2 Å². The number of alkyl halides is 3. The molecule has 5 nitrogen and oxygen atoms in total. The molecular formula is C31H28F3NO4. The Labute approximate surface area is 224 Å². The van der Waals surface area contributed by atoms with Gasteiger partial charge in [-0.1, -0.05) is 54.6 Å². The zero-order valence-electron chi connectivity index (χ0n) is 21.4. The van der Waals surface area contributed by atoms with Crippen LogP contribution in [0.4, 0.5) is 18.0 Å². The summed E-state index contributed by atoms with van der Waals surface area (Å²) in [6.45, 7) is 2.34. The van der Waals surface area contributed by atoms with Crippen molar-refractivity contribution in [2.45, 2.75) is 43.9 Å². The molecule has 2 atom stereocenters. The number of piperidine rings is 1. The molecule has 3 aromatic carbocycles. The van der Waals surface area contributed by atoms with E-state index in [0.717, 1.165) is 34.4 Å². The number of carbonyl (C=O) groups excluding carboxylic acids is 2. The van der Waals surface area contributed by atoms with Gasteiger partial charge in [-0.25, -0.2) is 4.79 Å². The summed E-state index contributed by atoms with van der Waals surface area (Å²) in [4.78, 5) is 28.5. The molecule has 39 heavy (non-hydrogen) atoms. The number of amides is 1. The van der Waals surface area contributed by atoms with Crippen molar-refractivity contribution in [1.82, 2.24) is 4.90 Å². The first-order valence-corrected chi connectivity index (χ1v) is 13.2. The molecule has 3 aliphatic rings. The van der Waals surface area contributed by atoms with Crippen LogP contribution in [0.3, 0.4) is 0 Å². The van der Waals surface area contributed by atoms with Gasteiger partial charge in [-0.15, -0.1) is 0 Å². The standard InChI is InChI=1S/C31H28F3NO4/c1-18-10-11-20(31(32,33)34)14-27(18)29(36)19-12-21-15-38-16-22(13-19)35(21)30(37)39-17-28-25-8-4-2-6-23(25)24-7-3-5-9-26(24)28/h2-11,14,19,21-22,28H,12-13,15-17H2,1H3. The van der Waals surface area contributed by atoms with Crippen molar-refractivity contribution >= 4 is 11.9 Å². The Balaban J connectivity index is 1.17. The lowest BCUT2D eigenvalue weighted by molar-refractivity contribution is -0.137. The molecule has 6 rings (SSSR count). The molecule has 0 radical (unpaired) electrons. The Morgan fingerprint density at radius 2 is 1.51 bits per heavy atom. The van der Waals surface area contributed by atoms with Crippen molar-refractivity contribution in [3.8, 4) is 11.1 Å². The van der Waals surface area contributed by atoms with Gasteiger partial charge in [0.1, 0.15) is 6.61 Å². The molecule has 2 fully saturated rings. The van der Waals surface area contributed by atoms with E-state index in [1.165, 1.54) is 6.07 Å². The third kappa shape index (κ3) is 4.61. The van der Waals surface area contributed by atoms with Gasteiger partial charge in [0.15, 0.2) is 5.78 Å². The average Bonchev–Trinajstić information content (AvgIpc) is 3.24. The minimum absolute atomic E-state index is 0.0690. The fourth-order valence-corrected chi connectivity index (χ4v) is 6.38. The second kappa shape index (κ2) is 9.83. The molecule has 0 saturated carbocycles. The predicted octanol–water partition coefficient (Wildman–Crippen LogP) is 6.63. The van der Waals surface area contributed by atoms with Crippen LogP contribution in [0.25, 0.3) is 11.1 Å². The van der Waals surface area contributed by atoms with Gasteiger partial charge in [0, 0.05) is 17.4 Å². The van der Waals surface area contributed by atoms with Gasteiger partial charge in [0.25, 0.3) is 0 Å². The summed E-state index contributed by atoms with van der Waals surface area (Å²) >= 11 is 0. The number of benzene rings is 3. The van der Waals surface area contributed by atoms with Crippen molar-refractivity contribution in [3.63, 3.8) is 0 Å². The Hall–Kier alpha value is -3.65. The number of hydrogen-bond donors (Lipinski definition) is 0. The van der Waals surface area contributed by atoms with Gasteiger partial charge in [-0.05, 0) is 59.7 Å². The van der Waals surface area contributed by atoms with Crippen LogP contribution in [0.5, 0.6) is 0 Å². The first-order chi connectivity index (χ1) is 18.7. The van der Waals surface area contributed by atoms with Crippen LogP contribution in [0.1, 0.15) is 51.4 Å². The summed E-state index contributed by atoms with van der Waals surface area (Å²) in [6, 6.07) is 18.7. The van der Waals surface area contributed by atoms with Crippen LogP contribution < -0.4 is 0 Å². The number of ether oxygens (including phenoxy) is 2. The van der Waals surface area contributed by atoms with Crippen molar-refractivity contribution in [1.29, 1.82) is 0 Å². The first kappa shape index (κ1) is 25.6. The van der Waals surface area contributed by atoms with Crippen molar-refractivity contribution in [3.05, 3.63) is 94.5 Å². The molecule has 0 N–H and O–H groups in total. The lowest BCUT2D eigenvalue weighted by Crippen LogP contribution is -2.60. The van der Waals surface area contributed by atoms with E-state index >= 15 is 0 Å². The highest BCUT2D eigenvalue weighted by Gasteiger charge is 2.45. The largest absolute Gasteiger partial charge is 0.448 e. The number of hydrogen-bond acceptors (Lipinski definition) is 4. The van der Waals surface area contributed by atoms with E-state index in [0.29, 0.717) is 18.4 Å². The second-order valence-corrected chi connectivity index (χ2v) is 10.6. The molecule has 8 heteroatoms. The minimum atomic E-state index is -4.53. The van der Waals surface area contributed by atoms with E-state index in [2.05, 4.69) is 24.3 Å². The monoisotopic (exact) mass is 535 g/mol. The summed E-state index contributed by atoms with van der Waals surface area (Å²) in [5, 5.41) is 0. The molecule has 202 valence electrons. The molecule has 2 heterocycles. The fraction of sp³-hybridized carbons (Fsp3) is 0.355. The summed E-state index contributed by atoms with van der Waals surface area (Å²) in [5.74, 6) is -0.883. The van der Waals surface area contributed by atoms with Gasteiger partial charge < -0.3 is 9.47 Å². The Morgan fingerprint density at radius 1 is 0.923 bits per heavy atom.